The number of benzene rings is 1. The predicted molar refractivity (Wildman–Crippen MR) is 76.9 cm³/mol. The highest BCUT2D eigenvalue weighted by atomic mass is 19.1. The average Bonchev–Trinajstić information content (AvgIpc) is 2.37. The van der Waals surface area contributed by atoms with Gasteiger partial charge < -0.3 is 15.0 Å². The SMILES string of the molecule is Cc1cc(F)c(C(C)NCCOCCN(C)C)cc1F. The highest BCUT2D eigenvalue weighted by Gasteiger charge is 2.13. The van der Waals surface area contributed by atoms with E-state index < -0.39 is 0 Å². The Labute approximate surface area is 119 Å². The summed E-state index contributed by atoms with van der Waals surface area (Å²) in [6, 6.07) is 2.24. The van der Waals surface area contributed by atoms with Crippen LogP contribution in [0.5, 0.6) is 0 Å². The lowest BCUT2D eigenvalue weighted by Crippen LogP contribution is -2.26. The molecule has 3 nitrogen and oxygen atoms in total. The molecule has 0 aromatic heterocycles. The van der Waals surface area contributed by atoms with Gasteiger partial charge in [0.1, 0.15) is 11.6 Å². The zero-order valence-corrected chi connectivity index (χ0v) is 12.7. The number of rotatable bonds is 8. The second kappa shape index (κ2) is 8.29. The molecule has 0 fully saturated rings. The van der Waals surface area contributed by atoms with E-state index >= 15 is 0 Å². The van der Waals surface area contributed by atoms with Crippen molar-refractivity contribution >= 4 is 0 Å². The maximum Gasteiger partial charge on any atom is 0.128 e. The summed E-state index contributed by atoms with van der Waals surface area (Å²) in [7, 11) is 3.97. The Morgan fingerprint density at radius 1 is 1.20 bits per heavy atom. The van der Waals surface area contributed by atoms with Gasteiger partial charge in [-0.15, -0.1) is 0 Å². The number of halogens is 2. The van der Waals surface area contributed by atoms with Gasteiger partial charge in [-0.05, 0) is 45.6 Å². The summed E-state index contributed by atoms with van der Waals surface area (Å²) in [5.41, 5.74) is 0.673. The van der Waals surface area contributed by atoms with E-state index in [-0.39, 0.29) is 17.7 Å². The zero-order chi connectivity index (χ0) is 15.1. The molecule has 20 heavy (non-hydrogen) atoms. The second-order valence-electron chi connectivity index (χ2n) is 5.21. The molecule has 1 rings (SSSR count). The number of likely N-dealkylation sites (N-methyl/N-ethyl adjacent to an activating group) is 1. The van der Waals surface area contributed by atoms with Gasteiger partial charge in [-0.25, -0.2) is 8.78 Å². The van der Waals surface area contributed by atoms with E-state index in [4.69, 9.17) is 4.74 Å². The molecule has 0 saturated heterocycles. The van der Waals surface area contributed by atoms with Crippen LogP contribution in [0.25, 0.3) is 0 Å². The minimum absolute atomic E-state index is 0.248. The minimum atomic E-state index is -0.378. The van der Waals surface area contributed by atoms with Gasteiger partial charge in [0.2, 0.25) is 0 Å². The molecule has 114 valence electrons. The summed E-state index contributed by atoms with van der Waals surface area (Å²) in [5.74, 6) is -0.755. The highest BCUT2D eigenvalue weighted by molar-refractivity contribution is 5.27. The first-order valence-electron chi connectivity index (χ1n) is 6.83. The van der Waals surface area contributed by atoms with E-state index in [1.807, 2.05) is 25.9 Å². The molecule has 0 spiro atoms. The summed E-state index contributed by atoms with van der Waals surface area (Å²) < 4.78 is 32.6. The van der Waals surface area contributed by atoms with E-state index in [0.29, 0.717) is 30.9 Å². The van der Waals surface area contributed by atoms with Crippen LogP contribution < -0.4 is 5.32 Å². The molecular weight excluding hydrogens is 262 g/mol. The first kappa shape index (κ1) is 17.0. The number of hydrogen-bond acceptors (Lipinski definition) is 3. The third-order valence-corrected chi connectivity index (χ3v) is 3.12. The normalized spacial score (nSPS) is 12.9. The van der Waals surface area contributed by atoms with Gasteiger partial charge in [-0.3, -0.25) is 0 Å². The van der Waals surface area contributed by atoms with Crippen molar-refractivity contribution < 1.29 is 13.5 Å². The monoisotopic (exact) mass is 286 g/mol. The first-order chi connectivity index (χ1) is 9.41. The summed E-state index contributed by atoms with van der Waals surface area (Å²) >= 11 is 0. The smallest absolute Gasteiger partial charge is 0.128 e. The molecule has 1 N–H and O–H groups in total. The van der Waals surface area contributed by atoms with Gasteiger partial charge in [-0.2, -0.15) is 0 Å². The van der Waals surface area contributed by atoms with Crippen LogP contribution in [0.4, 0.5) is 8.78 Å². The fourth-order valence-electron chi connectivity index (χ4n) is 1.80. The Balaban J connectivity index is 2.36. The first-order valence-corrected chi connectivity index (χ1v) is 6.83. The van der Waals surface area contributed by atoms with E-state index in [1.54, 1.807) is 6.92 Å². The van der Waals surface area contributed by atoms with E-state index in [0.717, 1.165) is 6.54 Å². The predicted octanol–water partition coefficient (Wildman–Crippen LogP) is 2.50. The molecule has 5 heteroatoms. The van der Waals surface area contributed by atoms with E-state index in [9.17, 15) is 8.78 Å². The molecule has 0 aliphatic carbocycles. The number of nitrogens with zero attached hydrogens (tertiary/aromatic N) is 1. The molecule has 0 aliphatic rings. The number of aryl methyl sites for hydroxylation is 1. The second-order valence-corrected chi connectivity index (χ2v) is 5.21. The van der Waals surface area contributed by atoms with Crippen molar-refractivity contribution in [1.82, 2.24) is 10.2 Å². The molecule has 1 aromatic carbocycles. The van der Waals surface area contributed by atoms with Crippen molar-refractivity contribution in [3.8, 4) is 0 Å². The Morgan fingerprint density at radius 2 is 1.90 bits per heavy atom. The van der Waals surface area contributed by atoms with Crippen LogP contribution in [0.2, 0.25) is 0 Å². The van der Waals surface area contributed by atoms with Gasteiger partial charge >= 0.3 is 0 Å². The van der Waals surface area contributed by atoms with Crippen LogP contribution in [0.1, 0.15) is 24.1 Å². The Hall–Kier alpha value is -1.04. The van der Waals surface area contributed by atoms with Crippen molar-refractivity contribution in [1.29, 1.82) is 0 Å². The van der Waals surface area contributed by atoms with Crippen molar-refractivity contribution in [3.05, 3.63) is 34.9 Å². The number of nitrogens with one attached hydrogen (secondary N) is 1. The highest BCUT2D eigenvalue weighted by Crippen LogP contribution is 2.20. The molecule has 0 heterocycles. The summed E-state index contributed by atoms with van der Waals surface area (Å²) in [6.07, 6.45) is 0. The van der Waals surface area contributed by atoms with Gasteiger partial charge in [-0.1, -0.05) is 0 Å². The number of ether oxygens (including phenoxy) is 1. The fraction of sp³-hybridized carbons (Fsp3) is 0.600. The summed E-state index contributed by atoms with van der Waals surface area (Å²) in [5, 5.41) is 3.13. The summed E-state index contributed by atoms with van der Waals surface area (Å²) in [4.78, 5) is 2.04. The molecular formula is C15H24F2N2O. The summed E-state index contributed by atoms with van der Waals surface area (Å²) in [6.45, 7) is 6.05. The third kappa shape index (κ3) is 5.53. The standard InChI is InChI=1S/C15H24F2N2O/c1-11-9-15(17)13(10-14(11)16)12(2)18-5-7-20-8-6-19(3)4/h9-10,12,18H,5-8H2,1-4H3. The zero-order valence-electron chi connectivity index (χ0n) is 12.7. The molecule has 0 aliphatic heterocycles. The largest absolute Gasteiger partial charge is 0.379 e. The van der Waals surface area contributed by atoms with Crippen LogP contribution in [-0.2, 0) is 4.74 Å². The third-order valence-electron chi connectivity index (χ3n) is 3.12. The quantitative estimate of drug-likeness (QED) is 0.743. The molecule has 1 unspecified atom stereocenters. The molecule has 0 saturated carbocycles. The van der Waals surface area contributed by atoms with Crippen LogP contribution >= 0.6 is 0 Å². The van der Waals surface area contributed by atoms with Gasteiger partial charge in [0.05, 0.1) is 13.2 Å². The van der Waals surface area contributed by atoms with Crippen LogP contribution in [0.15, 0.2) is 12.1 Å². The van der Waals surface area contributed by atoms with Crippen molar-refractivity contribution in [2.75, 3.05) is 40.4 Å². The molecule has 1 aromatic rings. The Morgan fingerprint density at radius 3 is 2.55 bits per heavy atom. The van der Waals surface area contributed by atoms with E-state index in [1.165, 1.54) is 12.1 Å². The lowest BCUT2D eigenvalue weighted by Gasteiger charge is -2.16. The molecule has 0 amide bonds. The minimum Gasteiger partial charge on any atom is -0.379 e. The Bertz CT molecular complexity index is 425. The molecule has 1 atom stereocenters. The fourth-order valence-corrected chi connectivity index (χ4v) is 1.80. The van der Waals surface area contributed by atoms with Crippen molar-refractivity contribution in [2.24, 2.45) is 0 Å². The lowest BCUT2D eigenvalue weighted by molar-refractivity contribution is 0.118. The molecule has 0 bridgehead atoms. The van der Waals surface area contributed by atoms with Crippen molar-refractivity contribution in [3.63, 3.8) is 0 Å². The van der Waals surface area contributed by atoms with Gasteiger partial charge in [0.15, 0.2) is 0 Å². The van der Waals surface area contributed by atoms with Gasteiger partial charge in [0, 0.05) is 24.7 Å². The topological polar surface area (TPSA) is 24.5 Å². The van der Waals surface area contributed by atoms with Crippen molar-refractivity contribution in [2.45, 2.75) is 19.9 Å². The van der Waals surface area contributed by atoms with Crippen LogP contribution in [0.3, 0.4) is 0 Å². The van der Waals surface area contributed by atoms with Crippen LogP contribution in [-0.4, -0.2) is 45.3 Å². The van der Waals surface area contributed by atoms with E-state index in [2.05, 4.69) is 5.32 Å². The maximum atomic E-state index is 13.8. The molecule has 0 radical (unpaired) electrons. The number of hydrogen-bond donors (Lipinski definition) is 1. The Kier molecular flexibility index (Phi) is 7.05. The maximum absolute atomic E-state index is 13.8. The average molecular weight is 286 g/mol. The van der Waals surface area contributed by atoms with Gasteiger partial charge in [0.25, 0.3) is 0 Å². The lowest BCUT2D eigenvalue weighted by atomic mass is 10.1. The van der Waals surface area contributed by atoms with Crippen LogP contribution in [0, 0.1) is 18.6 Å².